The molecule has 0 saturated carbocycles. The molecular formula is C25H22F2N2O8S. The first-order valence-electron chi connectivity index (χ1n) is 11.1. The van der Waals surface area contributed by atoms with Crippen LogP contribution < -0.4 is 24.8 Å². The van der Waals surface area contributed by atoms with Crippen molar-refractivity contribution in [2.24, 2.45) is 0 Å². The van der Waals surface area contributed by atoms with Gasteiger partial charge in [0.2, 0.25) is 0 Å². The minimum atomic E-state index is -0.931. The number of carbonyl (C=O) groups excluding carboxylic acids is 3. The maximum atomic E-state index is 14.8. The van der Waals surface area contributed by atoms with Gasteiger partial charge in [-0.2, -0.15) is 0 Å². The van der Waals surface area contributed by atoms with E-state index < -0.39 is 29.6 Å². The molecule has 2 heterocycles. The van der Waals surface area contributed by atoms with E-state index in [1.807, 2.05) is 0 Å². The standard InChI is InChI=1S/C25H22F2N2O8S/c1-33-18-8-15(27)16(9-19(18)37-10-13-14(26)5-4-12-6-7-36-21(12)13)28-25(32)29-17-11-38-22(24(31)35-3)20(17)23(30)34-2/h4-5,8-9,11H,6-7,10H2,1-3H3,(H2,28,29,32). The molecule has 200 valence electrons. The van der Waals surface area contributed by atoms with Crippen molar-refractivity contribution in [3.8, 4) is 17.2 Å². The number of anilines is 2. The van der Waals surface area contributed by atoms with Gasteiger partial charge in [-0.3, -0.25) is 0 Å². The second-order valence-electron chi connectivity index (χ2n) is 7.80. The lowest BCUT2D eigenvalue weighted by molar-refractivity contribution is 0.0561. The van der Waals surface area contributed by atoms with Crippen molar-refractivity contribution in [2.45, 2.75) is 13.0 Å². The first-order chi connectivity index (χ1) is 18.3. The Morgan fingerprint density at radius 1 is 0.974 bits per heavy atom. The fraction of sp³-hybridized carbons (Fsp3) is 0.240. The van der Waals surface area contributed by atoms with Crippen molar-refractivity contribution in [1.29, 1.82) is 0 Å². The van der Waals surface area contributed by atoms with Gasteiger partial charge in [-0.15, -0.1) is 11.3 Å². The van der Waals surface area contributed by atoms with Crippen LogP contribution in [0.2, 0.25) is 0 Å². The number of urea groups is 1. The van der Waals surface area contributed by atoms with Crippen molar-refractivity contribution in [2.75, 3.05) is 38.6 Å². The Morgan fingerprint density at radius 2 is 1.71 bits per heavy atom. The molecule has 10 nitrogen and oxygen atoms in total. The number of fused-ring (bicyclic) bond motifs is 1. The molecule has 4 rings (SSSR count). The highest BCUT2D eigenvalue weighted by molar-refractivity contribution is 7.13. The number of hydrogen-bond donors (Lipinski definition) is 2. The van der Waals surface area contributed by atoms with E-state index in [2.05, 4.69) is 15.4 Å². The van der Waals surface area contributed by atoms with Crippen LogP contribution in [0.25, 0.3) is 0 Å². The number of nitrogens with one attached hydrogen (secondary N) is 2. The summed E-state index contributed by atoms with van der Waals surface area (Å²) in [5.74, 6) is -2.60. The van der Waals surface area contributed by atoms with Crippen LogP contribution in [0.3, 0.4) is 0 Å². The first-order valence-corrected chi connectivity index (χ1v) is 11.9. The lowest BCUT2D eigenvalue weighted by atomic mass is 10.1. The summed E-state index contributed by atoms with van der Waals surface area (Å²) in [6.07, 6.45) is 0.647. The van der Waals surface area contributed by atoms with Crippen LogP contribution in [0.4, 0.5) is 25.0 Å². The predicted molar refractivity (Wildman–Crippen MR) is 133 cm³/mol. The van der Waals surface area contributed by atoms with E-state index in [0.717, 1.165) is 37.2 Å². The zero-order valence-electron chi connectivity index (χ0n) is 20.4. The van der Waals surface area contributed by atoms with Gasteiger partial charge in [0, 0.05) is 23.9 Å². The number of esters is 2. The zero-order chi connectivity index (χ0) is 27.4. The fourth-order valence-corrected chi connectivity index (χ4v) is 4.66. The molecule has 0 radical (unpaired) electrons. The van der Waals surface area contributed by atoms with E-state index in [4.69, 9.17) is 18.9 Å². The van der Waals surface area contributed by atoms with E-state index in [-0.39, 0.29) is 45.5 Å². The van der Waals surface area contributed by atoms with Crippen LogP contribution in [-0.4, -0.2) is 45.9 Å². The lowest BCUT2D eigenvalue weighted by Crippen LogP contribution is -2.22. The largest absolute Gasteiger partial charge is 0.493 e. The van der Waals surface area contributed by atoms with Gasteiger partial charge in [0.15, 0.2) is 17.3 Å². The Bertz CT molecular complexity index is 1410. The average Bonchev–Trinajstić information content (AvgIpc) is 3.55. The molecule has 38 heavy (non-hydrogen) atoms. The molecule has 0 fully saturated rings. The number of methoxy groups -OCH3 is 3. The molecule has 2 aromatic carbocycles. The highest BCUT2D eigenvalue weighted by atomic mass is 32.1. The molecule has 1 aromatic heterocycles. The lowest BCUT2D eigenvalue weighted by Gasteiger charge is -2.16. The molecule has 0 atom stereocenters. The van der Waals surface area contributed by atoms with Crippen molar-refractivity contribution in [3.63, 3.8) is 0 Å². The fourth-order valence-electron chi connectivity index (χ4n) is 3.75. The number of halogens is 2. The third-order valence-corrected chi connectivity index (χ3v) is 6.54. The molecule has 1 aliphatic rings. The van der Waals surface area contributed by atoms with Gasteiger partial charge < -0.3 is 34.3 Å². The molecular weight excluding hydrogens is 526 g/mol. The maximum Gasteiger partial charge on any atom is 0.349 e. The van der Waals surface area contributed by atoms with Crippen LogP contribution in [0.15, 0.2) is 29.6 Å². The Morgan fingerprint density at radius 3 is 2.42 bits per heavy atom. The Kier molecular flexibility index (Phi) is 7.96. The van der Waals surface area contributed by atoms with Crippen molar-refractivity contribution in [3.05, 3.63) is 62.8 Å². The van der Waals surface area contributed by atoms with Crippen molar-refractivity contribution >= 4 is 40.7 Å². The Hall–Kier alpha value is -4.39. The SMILES string of the molecule is COC(=O)c1scc(NC(=O)Nc2cc(OCc3c(F)ccc4c3OCC4)c(OC)cc2F)c1C(=O)OC. The second kappa shape index (κ2) is 11.3. The van der Waals surface area contributed by atoms with Crippen molar-refractivity contribution < 1.29 is 46.8 Å². The van der Waals surface area contributed by atoms with Gasteiger partial charge in [-0.25, -0.2) is 23.2 Å². The van der Waals surface area contributed by atoms with Gasteiger partial charge >= 0.3 is 18.0 Å². The Labute approximate surface area is 219 Å². The number of rotatable bonds is 8. The quantitative estimate of drug-likeness (QED) is 0.387. The van der Waals surface area contributed by atoms with E-state index in [1.165, 1.54) is 24.6 Å². The highest BCUT2D eigenvalue weighted by Gasteiger charge is 2.27. The van der Waals surface area contributed by atoms with E-state index in [9.17, 15) is 23.2 Å². The van der Waals surface area contributed by atoms with Crippen LogP contribution in [0, 0.1) is 11.6 Å². The molecule has 13 heteroatoms. The molecule has 0 unspecified atom stereocenters. The molecule has 0 bridgehead atoms. The summed E-state index contributed by atoms with van der Waals surface area (Å²) in [6.45, 7) is 0.189. The molecule has 0 spiro atoms. The number of hydrogen-bond acceptors (Lipinski definition) is 9. The number of carbonyl (C=O) groups is 3. The molecule has 2 N–H and O–H groups in total. The van der Waals surface area contributed by atoms with Gasteiger partial charge in [0.05, 0.1) is 44.9 Å². The summed E-state index contributed by atoms with van der Waals surface area (Å²) in [4.78, 5) is 36.8. The molecule has 0 aliphatic carbocycles. The third-order valence-electron chi connectivity index (χ3n) is 5.58. The summed E-state index contributed by atoms with van der Waals surface area (Å²) in [7, 11) is 3.55. The summed E-state index contributed by atoms with van der Waals surface area (Å²) in [5.41, 5.74) is 0.506. The monoisotopic (exact) mass is 548 g/mol. The summed E-state index contributed by atoms with van der Waals surface area (Å²) < 4.78 is 55.0. The normalized spacial score (nSPS) is 11.7. The van der Waals surface area contributed by atoms with Gasteiger partial charge in [0.25, 0.3) is 0 Å². The van der Waals surface area contributed by atoms with Crippen LogP contribution in [-0.2, 0) is 22.5 Å². The summed E-state index contributed by atoms with van der Waals surface area (Å²) in [6, 6.07) is 4.20. The van der Waals surface area contributed by atoms with E-state index in [1.54, 1.807) is 6.07 Å². The molecule has 0 saturated heterocycles. The Balaban J connectivity index is 1.55. The van der Waals surface area contributed by atoms with E-state index in [0.29, 0.717) is 18.8 Å². The summed E-state index contributed by atoms with van der Waals surface area (Å²) in [5, 5.41) is 6.04. The topological polar surface area (TPSA) is 121 Å². The van der Waals surface area contributed by atoms with Crippen LogP contribution in [0.5, 0.6) is 17.2 Å². The molecule has 3 aromatic rings. The minimum Gasteiger partial charge on any atom is -0.493 e. The van der Waals surface area contributed by atoms with Gasteiger partial charge in [-0.05, 0) is 11.6 Å². The second-order valence-corrected chi connectivity index (χ2v) is 8.68. The molecule has 2 amide bonds. The van der Waals surface area contributed by atoms with Crippen molar-refractivity contribution in [1.82, 2.24) is 0 Å². The molecule has 1 aliphatic heterocycles. The van der Waals surface area contributed by atoms with Crippen LogP contribution >= 0.6 is 11.3 Å². The summed E-state index contributed by atoms with van der Waals surface area (Å²) >= 11 is 0.856. The third kappa shape index (κ3) is 5.32. The van der Waals surface area contributed by atoms with Gasteiger partial charge in [-0.1, -0.05) is 6.07 Å². The zero-order valence-corrected chi connectivity index (χ0v) is 21.3. The number of thiophene rings is 1. The maximum absolute atomic E-state index is 14.8. The number of benzene rings is 2. The van der Waals surface area contributed by atoms with Crippen LogP contribution in [0.1, 0.15) is 31.2 Å². The van der Waals surface area contributed by atoms with E-state index >= 15 is 0 Å². The number of amides is 2. The average molecular weight is 549 g/mol. The smallest absolute Gasteiger partial charge is 0.349 e. The highest BCUT2D eigenvalue weighted by Crippen LogP contribution is 2.36. The first kappa shape index (κ1) is 26.7. The minimum absolute atomic E-state index is 0.0101. The van der Waals surface area contributed by atoms with Gasteiger partial charge in [0.1, 0.15) is 28.6 Å². The number of ether oxygens (including phenoxy) is 5. The predicted octanol–water partition coefficient (Wildman–Crippen LogP) is 4.77.